The molecule has 0 amide bonds. The second-order valence-electron chi connectivity index (χ2n) is 6.80. The lowest BCUT2D eigenvalue weighted by Gasteiger charge is -2.29. The van der Waals surface area contributed by atoms with Gasteiger partial charge in [0.2, 0.25) is 0 Å². The van der Waals surface area contributed by atoms with Crippen LogP contribution in [0, 0.1) is 0 Å². The van der Waals surface area contributed by atoms with Crippen molar-refractivity contribution in [3.8, 4) is 0 Å². The van der Waals surface area contributed by atoms with E-state index in [9.17, 15) is 8.42 Å². The minimum absolute atomic E-state index is 0.167. The highest BCUT2D eigenvalue weighted by Gasteiger charge is 2.38. The van der Waals surface area contributed by atoms with Crippen LogP contribution in [0.3, 0.4) is 0 Å². The van der Waals surface area contributed by atoms with E-state index in [-0.39, 0.29) is 12.5 Å². The van der Waals surface area contributed by atoms with Crippen LogP contribution in [0.1, 0.15) is 36.3 Å². The molecule has 1 unspecified atom stereocenters. The molecule has 27 heavy (non-hydrogen) atoms. The summed E-state index contributed by atoms with van der Waals surface area (Å²) < 4.78 is 29.0. The van der Waals surface area contributed by atoms with Crippen molar-refractivity contribution in [1.82, 2.24) is 13.7 Å². The van der Waals surface area contributed by atoms with E-state index in [1.807, 2.05) is 24.3 Å². The fourth-order valence-corrected chi connectivity index (χ4v) is 5.21. The average Bonchev–Trinajstić information content (AvgIpc) is 3.16. The topological polar surface area (TPSA) is 65.9 Å². The lowest BCUT2D eigenvalue weighted by Crippen LogP contribution is -2.43. The molecule has 1 atom stereocenters. The second-order valence-corrected chi connectivity index (χ2v) is 9.07. The normalized spacial score (nSPS) is 21.3. The molecule has 0 radical (unpaired) electrons. The maximum absolute atomic E-state index is 13.1. The average molecular weight is 405 g/mol. The molecule has 142 valence electrons. The van der Waals surface area contributed by atoms with E-state index in [0.29, 0.717) is 18.1 Å². The summed E-state index contributed by atoms with van der Waals surface area (Å²) in [6, 6.07) is 11.2. The van der Waals surface area contributed by atoms with Gasteiger partial charge in [0.15, 0.2) is 0 Å². The molecule has 1 fully saturated rings. The predicted molar refractivity (Wildman–Crippen MR) is 106 cm³/mol. The van der Waals surface area contributed by atoms with Crippen LogP contribution in [0.25, 0.3) is 0 Å². The number of aromatic nitrogens is 1. The molecule has 3 heterocycles. The van der Waals surface area contributed by atoms with Crippen LogP contribution in [0.5, 0.6) is 0 Å². The molecule has 2 aliphatic rings. The van der Waals surface area contributed by atoms with Crippen LogP contribution in [-0.2, 0) is 10.2 Å². The van der Waals surface area contributed by atoms with Crippen molar-refractivity contribution < 1.29 is 8.42 Å². The third-order valence-electron chi connectivity index (χ3n) is 5.02. The third kappa shape index (κ3) is 3.72. The van der Waals surface area contributed by atoms with E-state index in [4.69, 9.17) is 11.6 Å². The standard InChI is InChI=1S/C19H21ClN4O2S/c20-17-8-6-15(7-9-17)19-18(16-5-4-10-21-13-16)14-24(22-19)27(25,26)23-11-2-1-3-12-23/h4-10,13,18H,1-3,11-12,14H2. The van der Waals surface area contributed by atoms with Crippen molar-refractivity contribution in [3.05, 3.63) is 64.9 Å². The van der Waals surface area contributed by atoms with E-state index in [1.54, 1.807) is 28.8 Å². The third-order valence-corrected chi connectivity index (χ3v) is 7.06. The molecule has 8 heteroatoms. The Hall–Kier alpha value is -1.96. The van der Waals surface area contributed by atoms with E-state index < -0.39 is 10.2 Å². The van der Waals surface area contributed by atoms with E-state index >= 15 is 0 Å². The summed E-state index contributed by atoms with van der Waals surface area (Å²) in [7, 11) is -3.62. The maximum atomic E-state index is 13.1. The Morgan fingerprint density at radius 3 is 2.44 bits per heavy atom. The fourth-order valence-electron chi connectivity index (χ4n) is 3.57. The molecule has 0 bridgehead atoms. The predicted octanol–water partition coefficient (Wildman–Crippen LogP) is 3.27. The highest BCUT2D eigenvalue weighted by atomic mass is 35.5. The van der Waals surface area contributed by atoms with Crippen LogP contribution < -0.4 is 0 Å². The smallest absolute Gasteiger partial charge is 0.264 e. The van der Waals surface area contributed by atoms with E-state index in [0.717, 1.165) is 36.1 Å². The summed E-state index contributed by atoms with van der Waals surface area (Å²) in [5.41, 5.74) is 2.53. The van der Waals surface area contributed by atoms with Gasteiger partial charge in [-0.2, -0.15) is 22.2 Å². The summed E-state index contributed by atoms with van der Waals surface area (Å²) in [6.07, 6.45) is 6.34. The van der Waals surface area contributed by atoms with Gasteiger partial charge in [0.1, 0.15) is 0 Å². The summed E-state index contributed by atoms with van der Waals surface area (Å²) >= 11 is 6.01. The van der Waals surface area contributed by atoms with Gasteiger partial charge in [-0.25, -0.2) is 0 Å². The molecule has 1 saturated heterocycles. The highest BCUT2D eigenvalue weighted by Crippen LogP contribution is 2.31. The Kier molecular flexibility index (Phi) is 5.16. The summed E-state index contributed by atoms with van der Waals surface area (Å²) in [5, 5.41) is 5.17. The SMILES string of the molecule is O=S(=O)(N1CCCCC1)N1CC(c2cccnc2)C(c2ccc(Cl)cc2)=N1. The van der Waals surface area contributed by atoms with Gasteiger partial charge in [-0.15, -0.1) is 0 Å². The number of nitrogens with zero attached hydrogens (tertiary/aromatic N) is 4. The molecule has 4 rings (SSSR count). The van der Waals surface area contributed by atoms with E-state index in [2.05, 4.69) is 10.1 Å². The molecule has 2 aromatic rings. The minimum Gasteiger partial charge on any atom is -0.264 e. The molecule has 2 aliphatic heterocycles. The monoisotopic (exact) mass is 404 g/mol. The molecule has 0 aliphatic carbocycles. The molecular formula is C19H21ClN4O2S. The van der Waals surface area contributed by atoms with Crippen molar-refractivity contribution in [3.63, 3.8) is 0 Å². The Morgan fingerprint density at radius 2 is 1.78 bits per heavy atom. The van der Waals surface area contributed by atoms with Crippen LogP contribution in [0.2, 0.25) is 5.02 Å². The van der Waals surface area contributed by atoms with Crippen molar-refractivity contribution >= 4 is 27.5 Å². The number of hydrogen-bond acceptors (Lipinski definition) is 4. The van der Waals surface area contributed by atoms with Gasteiger partial charge in [0.05, 0.1) is 18.2 Å². The van der Waals surface area contributed by atoms with Crippen LogP contribution in [0.4, 0.5) is 0 Å². The van der Waals surface area contributed by atoms with Crippen molar-refractivity contribution in [1.29, 1.82) is 0 Å². The Labute approximate surface area is 164 Å². The molecule has 0 N–H and O–H groups in total. The molecule has 1 aromatic heterocycles. The first-order chi connectivity index (χ1) is 13.1. The molecule has 1 aromatic carbocycles. The number of rotatable bonds is 4. The van der Waals surface area contributed by atoms with Crippen LogP contribution in [0.15, 0.2) is 53.9 Å². The lowest BCUT2D eigenvalue weighted by atomic mass is 9.92. The van der Waals surface area contributed by atoms with Crippen LogP contribution in [-0.4, -0.2) is 47.5 Å². The number of benzene rings is 1. The first kappa shape index (κ1) is 18.4. The summed E-state index contributed by atoms with van der Waals surface area (Å²) in [4.78, 5) is 4.19. The van der Waals surface area contributed by atoms with E-state index in [1.165, 1.54) is 4.41 Å². The van der Waals surface area contributed by atoms with Crippen LogP contribution >= 0.6 is 11.6 Å². The summed E-state index contributed by atoms with van der Waals surface area (Å²) in [6.45, 7) is 1.40. The molecular weight excluding hydrogens is 384 g/mol. The van der Waals surface area contributed by atoms with Crippen molar-refractivity contribution in [2.75, 3.05) is 19.6 Å². The van der Waals surface area contributed by atoms with Gasteiger partial charge in [-0.1, -0.05) is 36.2 Å². The number of piperidine rings is 1. The first-order valence-corrected chi connectivity index (χ1v) is 10.9. The number of pyridine rings is 1. The summed E-state index contributed by atoms with van der Waals surface area (Å²) in [5.74, 6) is -0.167. The van der Waals surface area contributed by atoms with Gasteiger partial charge in [0.25, 0.3) is 0 Å². The first-order valence-electron chi connectivity index (χ1n) is 9.08. The second kappa shape index (κ2) is 7.58. The molecule has 0 saturated carbocycles. The maximum Gasteiger partial charge on any atom is 0.318 e. The van der Waals surface area contributed by atoms with Gasteiger partial charge in [-0.05, 0) is 42.2 Å². The highest BCUT2D eigenvalue weighted by molar-refractivity contribution is 7.86. The van der Waals surface area contributed by atoms with Crippen molar-refractivity contribution in [2.45, 2.75) is 25.2 Å². The molecule has 6 nitrogen and oxygen atoms in total. The quantitative estimate of drug-likeness (QED) is 0.785. The zero-order chi connectivity index (χ0) is 18.9. The van der Waals surface area contributed by atoms with Crippen molar-refractivity contribution in [2.24, 2.45) is 5.10 Å². The Morgan fingerprint density at radius 1 is 1.04 bits per heavy atom. The largest absolute Gasteiger partial charge is 0.318 e. The van der Waals surface area contributed by atoms with Gasteiger partial charge < -0.3 is 0 Å². The Balaban J connectivity index is 1.71. The molecule has 0 spiro atoms. The number of hydrazone groups is 1. The lowest BCUT2D eigenvalue weighted by molar-refractivity contribution is 0.311. The Bertz CT molecular complexity index is 926. The number of hydrogen-bond donors (Lipinski definition) is 0. The zero-order valence-electron chi connectivity index (χ0n) is 14.8. The number of halogens is 1. The zero-order valence-corrected chi connectivity index (χ0v) is 16.4. The van der Waals surface area contributed by atoms with Gasteiger partial charge >= 0.3 is 10.2 Å². The fraction of sp³-hybridized carbons (Fsp3) is 0.368. The van der Waals surface area contributed by atoms with Gasteiger partial charge in [0, 0.05) is 30.5 Å². The van der Waals surface area contributed by atoms with Gasteiger partial charge in [-0.3, -0.25) is 4.98 Å². The minimum atomic E-state index is -3.62.